The Morgan fingerprint density at radius 2 is 1.32 bits per heavy atom. The third kappa shape index (κ3) is 5.73. The van der Waals surface area contributed by atoms with Crippen LogP contribution in [0.5, 0.6) is 11.5 Å². The summed E-state index contributed by atoms with van der Waals surface area (Å²) in [6.07, 6.45) is 1.91. The van der Waals surface area contributed by atoms with Gasteiger partial charge in [-0.25, -0.2) is 9.83 Å². The van der Waals surface area contributed by atoms with Gasteiger partial charge in [0.2, 0.25) is 0 Å². The molecular weight excluding hydrogens is 651 g/mol. The summed E-state index contributed by atoms with van der Waals surface area (Å²) in [6.45, 7) is 15.2. The number of benzene rings is 6. The number of rotatable bonds is 6. The van der Waals surface area contributed by atoms with Gasteiger partial charge in [0.25, 0.3) is 0 Å². The molecule has 1 aliphatic heterocycles. The molecule has 53 heavy (non-hydrogen) atoms. The highest BCUT2D eigenvalue weighted by atomic mass is 16.5. The number of aromatic nitrogens is 2. The number of hydrogen-bond donors (Lipinski definition) is 0. The van der Waals surface area contributed by atoms with Crippen LogP contribution in [0, 0.1) is 6.57 Å². The highest BCUT2D eigenvalue weighted by Crippen LogP contribution is 2.46. The first-order chi connectivity index (χ1) is 25.9. The van der Waals surface area contributed by atoms with Gasteiger partial charge in [-0.05, 0) is 88.8 Å². The van der Waals surface area contributed by atoms with E-state index < -0.39 is 0 Å². The number of fused-ring (bicyclic) bond motifs is 4. The van der Waals surface area contributed by atoms with Crippen LogP contribution in [0.15, 0.2) is 158 Å². The molecule has 0 bridgehead atoms. The van der Waals surface area contributed by atoms with Gasteiger partial charge < -0.3 is 14.5 Å². The highest BCUT2D eigenvalue weighted by molar-refractivity contribution is 6.09. The molecule has 0 saturated carbocycles. The topological polar surface area (TPSA) is 37.9 Å². The summed E-state index contributed by atoms with van der Waals surface area (Å²) in [5, 5.41) is 2.33. The van der Waals surface area contributed by atoms with Crippen LogP contribution in [-0.4, -0.2) is 16.2 Å². The van der Waals surface area contributed by atoms with E-state index in [0.29, 0.717) is 12.4 Å². The van der Waals surface area contributed by atoms with Crippen molar-refractivity contribution >= 4 is 50.2 Å². The molecule has 9 rings (SSSR count). The van der Waals surface area contributed by atoms with Gasteiger partial charge in [-0.15, -0.1) is 0 Å². The number of pyridine rings is 1. The van der Waals surface area contributed by atoms with Crippen molar-refractivity contribution in [2.24, 2.45) is 0 Å². The SMILES string of the molecule is [C-]#[N+]c1cc(N2CN(c3cccc(Oc4ccc5c6ccccc6n(-c6cc(C(C)(C)C)ccn6)c5c4)c3)c3ccccc32)ccc1-c1ccccc1. The Labute approximate surface area is 309 Å². The van der Waals surface area contributed by atoms with Crippen molar-refractivity contribution in [1.82, 2.24) is 9.55 Å². The van der Waals surface area contributed by atoms with Crippen LogP contribution in [0.3, 0.4) is 0 Å². The Kier molecular flexibility index (Phi) is 7.71. The molecule has 0 fully saturated rings. The number of para-hydroxylation sites is 3. The molecule has 8 aromatic rings. The van der Waals surface area contributed by atoms with Crippen LogP contribution in [-0.2, 0) is 5.41 Å². The van der Waals surface area contributed by atoms with Crippen molar-refractivity contribution in [2.45, 2.75) is 26.2 Å². The minimum absolute atomic E-state index is 0.00365. The quantitative estimate of drug-likeness (QED) is 0.163. The number of ether oxygens (including phenoxy) is 1. The minimum atomic E-state index is -0.00365. The smallest absolute Gasteiger partial charge is 0.196 e. The van der Waals surface area contributed by atoms with Gasteiger partial charge in [0.1, 0.15) is 24.0 Å². The third-order valence-electron chi connectivity index (χ3n) is 10.1. The second kappa shape index (κ2) is 12.7. The van der Waals surface area contributed by atoms with E-state index in [9.17, 15) is 0 Å². The number of nitrogens with zero attached hydrogens (tertiary/aromatic N) is 5. The third-order valence-corrected chi connectivity index (χ3v) is 10.1. The van der Waals surface area contributed by atoms with E-state index in [2.05, 4.69) is 137 Å². The molecule has 6 nitrogen and oxygen atoms in total. The molecule has 6 heteroatoms. The maximum atomic E-state index is 7.97. The summed E-state index contributed by atoms with van der Waals surface area (Å²) in [7, 11) is 0. The van der Waals surface area contributed by atoms with Gasteiger partial charge in [-0.3, -0.25) is 4.57 Å². The Hall–Kier alpha value is -6.84. The molecule has 2 aromatic heterocycles. The average Bonchev–Trinajstić information content (AvgIpc) is 3.74. The summed E-state index contributed by atoms with van der Waals surface area (Å²) in [5.41, 5.74) is 10.2. The molecule has 0 atom stereocenters. The summed E-state index contributed by atoms with van der Waals surface area (Å²) in [5.74, 6) is 2.38. The summed E-state index contributed by atoms with van der Waals surface area (Å²) in [4.78, 5) is 13.3. The maximum Gasteiger partial charge on any atom is 0.196 e. The molecule has 6 aromatic carbocycles. The van der Waals surface area contributed by atoms with E-state index in [1.807, 2.05) is 60.8 Å². The largest absolute Gasteiger partial charge is 0.457 e. The van der Waals surface area contributed by atoms with Crippen molar-refractivity contribution in [3.8, 4) is 28.4 Å². The highest BCUT2D eigenvalue weighted by Gasteiger charge is 2.28. The lowest BCUT2D eigenvalue weighted by molar-refractivity contribution is 0.483. The summed E-state index contributed by atoms with van der Waals surface area (Å²) in [6, 6.07) is 52.0. The fraction of sp³-hybridized carbons (Fsp3) is 0.106. The van der Waals surface area contributed by atoms with Crippen LogP contribution in [0.4, 0.5) is 28.4 Å². The van der Waals surface area contributed by atoms with E-state index in [0.717, 1.165) is 67.6 Å². The van der Waals surface area contributed by atoms with Crippen LogP contribution < -0.4 is 14.5 Å². The zero-order valence-corrected chi connectivity index (χ0v) is 29.9. The van der Waals surface area contributed by atoms with Crippen LogP contribution in [0.2, 0.25) is 0 Å². The molecule has 1 aliphatic rings. The minimum Gasteiger partial charge on any atom is -0.457 e. The van der Waals surface area contributed by atoms with Crippen molar-refractivity contribution in [3.05, 3.63) is 175 Å². The molecular formula is C47H37N5O. The van der Waals surface area contributed by atoms with E-state index in [1.54, 1.807) is 0 Å². The second-order valence-electron chi connectivity index (χ2n) is 14.4. The monoisotopic (exact) mass is 687 g/mol. The first-order valence-corrected chi connectivity index (χ1v) is 17.8. The average molecular weight is 688 g/mol. The Bertz CT molecular complexity index is 2700. The van der Waals surface area contributed by atoms with E-state index >= 15 is 0 Å². The zero-order valence-electron chi connectivity index (χ0n) is 29.9. The number of hydrogen-bond acceptors (Lipinski definition) is 4. The van der Waals surface area contributed by atoms with Crippen molar-refractivity contribution in [2.75, 3.05) is 16.5 Å². The first-order valence-electron chi connectivity index (χ1n) is 17.8. The molecule has 3 heterocycles. The van der Waals surface area contributed by atoms with Gasteiger partial charge in [0, 0.05) is 40.5 Å². The predicted molar refractivity (Wildman–Crippen MR) is 218 cm³/mol. The Balaban J connectivity index is 1.05. The van der Waals surface area contributed by atoms with Gasteiger partial charge >= 0.3 is 0 Å². The van der Waals surface area contributed by atoms with E-state index in [-0.39, 0.29) is 5.41 Å². The fourth-order valence-electron chi connectivity index (χ4n) is 7.42. The lowest BCUT2D eigenvalue weighted by atomic mass is 9.88. The molecule has 0 radical (unpaired) electrons. The predicted octanol–water partition coefficient (Wildman–Crippen LogP) is 12.7. The summed E-state index contributed by atoms with van der Waals surface area (Å²) < 4.78 is 8.87. The Morgan fingerprint density at radius 3 is 2.09 bits per heavy atom. The maximum absolute atomic E-state index is 7.97. The van der Waals surface area contributed by atoms with Gasteiger partial charge in [-0.2, -0.15) is 0 Å². The van der Waals surface area contributed by atoms with Crippen molar-refractivity contribution in [1.29, 1.82) is 0 Å². The van der Waals surface area contributed by atoms with Gasteiger partial charge in [0.15, 0.2) is 5.69 Å². The lowest BCUT2D eigenvalue weighted by Crippen LogP contribution is -2.23. The molecule has 0 amide bonds. The van der Waals surface area contributed by atoms with Gasteiger partial charge in [-0.1, -0.05) is 93.6 Å². The van der Waals surface area contributed by atoms with E-state index in [1.165, 1.54) is 10.9 Å². The normalized spacial score (nSPS) is 12.6. The standard InChI is InChI=1S/C47H37N5O/c1-47(2,3)33-25-26-49-46(27-33)52-42-18-9-8-17-39(42)40-24-22-37(30-45(40)52)53-36-16-12-15-34(28-36)50-31-51(44-20-11-10-19-43(44)50)35-21-23-38(41(29-35)48-4)32-13-6-5-7-14-32/h5-30H,31H2,1-3H3. The van der Waals surface area contributed by atoms with Crippen LogP contribution >= 0.6 is 0 Å². The molecule has 0 unspecified atom stereocenters. The Morgan fingerprint density at radius 1 is 0.623 bits per heavy atom. The molecule has 256 valence electrons. The molecule has 0 N–H and O–H groups in total. The molecule has 0 aliphatic carbocycles. The molecule has 0 saturated heterocycles. The first kappa shape index (κ1) is 32.1. The number of anilines is 4. The zero-order chi connectivity index (χ0) is 36.1. The van der Waals surface area contributed by atoms with E-state index in [4.69, 9.17) is 16.3 Å². The van der Waals surface area contributed by atoms with Crippen molar-refractivity contribution < 1.29 is 4.74 Å². The van der Waals surface area contributed by atoms with Crippen molar-refractivity contribution in [3.63, 3.8) is 0 Å². The second-order valence-corrected chi connectivity index (χ2v) is 14.4. The fourth-order valence-corrected chi connectivity index (χ4v) is 7.42. The van der Waals surface area contributed by atoms with Gasteiger partial charge in [0.05, 0.1) is 29.0 Å². The van der Waals surface area contributed by atoms with Crippen LogP contribution in [0.1, 0.15) is 26.3 Å². The summed E-state index contributed by atoms with van der Waals surface area (Å²) >= 11 is 0. The molecule has 0 spiro atoms. The van der Waals surface area contributed by atoms with Crippen LogP contribution in [0.25, 0.3) is 43.6 Å². The lowest BCUT2D eigenvalue weighted by Gasteiger charge is -2.23.